The number of amides is 1. The molecule has 5 heteroatoms. The standard InChI is InChI=1S/C16H25NO3S/c1-4-6-8-12(7-5-2)15-13(9-10-21-15)16(19)17-11-14(18)20-3/h9-10,12H,4-8,11H2,1-3H3,(H,17,19). The van der Waals surface area contributed by atoms with Crippen LogP contribution >= 0.6 is 11.3 Å². The van der Waals surface area contributed by atoms with Crippen molar-refractivity contribution in [2.45, 2.75) is 51.9 Å². The van der Waals surface area contributed by atoms with Gasteiger partial charge in [-0.25, -0.2) is 0 Å². The molecule has 0 aliphatic carbocycles. The number of rotatable bonds is 9. The minimum Gasteiger partial charge on any atom is -0.468 e. The summed E-state index contributed by atoms with van der Waals surface area (Å²) in [7, 11) is 1.31. The maximum Gasteiger partial charge on any atom is 0.325 e. The second-order valence-corrected chi connectivity index (χ2v) is 6.03. The number of carbonyl (C=O) groups is 2. The van der Waals surface area contributed by atoms with E-state index in [0.29, 0.717) is 11.5 Å². The lowest BCUT2D eigenvalue weighted by Crippen LogP contribution is -2.30. The Hall–Kier alpha value is -1.36. The van der Waals surface area contributed by atoms with Gasteiger partial charge in [-0.2, -0.15) is 0 Å². The van der Waals surface area contributed by atoms with E-state index in [1.165, 1.54) is 13.5 Å². The summed E-state index contributed by atoms with van der Waals surface area (Å²) >= 11 is 1.64. The van der Waals surface area contributed by atoms with Gasteiger partial charge in [0.25, 0.3) is 5.91 Å². The fraction of sp³-hybridized carbons (Fsp3) is 0.625. The Morgan fingerprint density at radius 3 is 2.67 bits per heavy atom. The number of esters is 1. The average Bonchev–Trinajstić information content (AvgIpc) is 2.98. The van der Waals surface area contributed by atoms with E-state index in [1.807, 2.05) is 11.4 Å². The lowest BCUT2D eigenvalue weighted by molar-refractivity contribution is -0.139. The summed E-state index contributed by atoms with van der Waals surface area (Å²) in [6.07, 6.45) is 5.65. The number of carbonyl (C=O) groups excluding carboxylic acids is 2. The highest BCUT2D eigenvalue weighted by atomic mass is 32.1. The quantitative estimate of drug-likeness (QED) is 0.707. The molecule has 1 rings (SSSR count). The van der Waals surface area contributed by atoms with Crippen LogP contribution in [0.2, 0.25) is 0 Å². The third kappa shape index (κ3) is 5.50. The van der Waals surface area contributed by atoms with Gasteiger partial charge in [-0.3, -0.25) is 9.59 Å². The predicted octanol–water partition coefficient (Wildman–Crippen LogP) is 3.72. The van der Waals surface area contributed by atoms with Crippen LogP contribution in [0.15, 0.2) is 11.4 Å². The van der Waals surface area contributed by atoms with Gasteiger partial charge in [-0.1, -0.05) is 33.1 Å². The molecule has 0 radical (unpaired) electrons. The van der Waals surface area contributed by atoms with Gasteiger partial charge in [0.2, 0.25) is 0 Å². The molecule has 0 fully saturated rings. The summed E-state index contributed by atoms with van der Waals surface area (Å²) in [5, 5.41) is 4.58. The van der Waals surface area contributed by atoms with Crippen LogP contribution in [-0.2, 0) is 9.53 Å². The molecule has 0 saturated carbocycles. The monoisotopic (exact) mass is 311 g/mol. The number of hydrogen-bond acceptors (Lipinski definition) is 4. The van der Waals surface area contributed by atoms with Gasteiger partial charge in [0.1, 0.15) is 6.54 Å². The fourth-order valence-corrected chi connectivity index (χ4v) is 3.42. The zero-order chi connectivity index (χ0) is 15.7. The Balaban J connectivity index is 2.77. The lowest BCUT2D eigenvalue weighted by atomic mass is 9.93. The number of nitrogens with one attached hydrogen (secondary N) is 1. The molecule has 1 aromatic rings. The van der Waals surface area contributed by atoms with E-state index in [0.717, 1.165) is 30.6 Å². The third-order valence-electron chi connectivity index (χ3n) is 3.47. The fourth-order valence-electron chi connectivity index (χ4n) is 2.35. The molecule has 1 aromatic heterocycles. The molecular weight excluding hydrogens is 286 g/mol. The topological polar surface area (TPSA) is 55.4 Å². The first-order valence-corrected chi connectivity index (χ1v) is 8.44. The molecule has 0 spiro atoms. The average molecular weight is 311 g/mol. The van der Waals surface area contributed by atoms with Crippen molar-refractivity contribution in [3.8, 4) is 0 Å². The van der Waals surface area contributed by atoms with Gasteiger partial charge in [-0.15, -0.1) is 11.3 Å². The van der Waals surface area contributed by atoms with Crippen LogP contribution in [0.5, 0.6) is 0 Å². The van der Waals surface area contributed by atoms with Gasteiger partial charge in [0.05, 0.1) is 12.7 Å². The third-order valence-corrected chi connectivity index (χ3v) is 4.55. The van der Waals surface area contributed by atoms with Crippen molar-refractivity contribution in [1.82, 2.24) is 5.32 Å². The van der Waals surface area contributed by atoms with Crippen LogP contribution in [0.1, 0.15) is 67.1 Å². The highest BCUT2D eigenvalue weighted by Crippen LogP contribution is 2.33. The van der Waals surface area contributed by atoms with Crippen molar-refractivity contribution in [1.29, 1.82) is 0 Å². The lowest BCUT2D eigenvalue weighted by Gasteiger charge is -2.16. The van der Waals surface area contributed by atoms with Gasteiger partial charge in [0.15, 0.2) is 0 Å². The molecule has 1 amide bonds. The van der Waals surface area contributed by atoms with Crippen LogP contribution in [0.4, 0.5) is 0 Å². The highest BCUT2D eigenvalue weighted by molar-refractivity contribution is 7.10. The van der Waals surface area contributed by atoms with Crippen LogP contribution in [0.25, 0.3) is 0 Å². The van der Waals surface area contributed by atoms with E-state index in [2.05, 4.69) is 23.9 Å². The minimum atomic E-state index is -0.434. The van der Waals surface area contributed by atoms with E-state index in [-0.39, 0.29) is 12.5 Å². The smallest absolute Gasteiger partial charge is 0.325 e. The number of ether oxygens (including phenoxy) is 1. The molecule has 0 aromatic carbocycles. The molecule has 1 heterocycles. The van der Waals surface area contributed by atoms with E-state index >= 15 is 0 Å². The molecule has 0 aliphatic heterocycles. The number of thiophene rings is 1. The first-order chi connectivity index (χ1) is 10.1. The Kier molecular flexibility index (Phi) is 8.05. The van der Waals surface area contributed by atoms with E-state index < -0.39 is 5.97 Å². The van der Waals surface area contributed by atoms with E-state index in [1.54, 1.807) is 11.3 Å². The van der Waals surface area contributed by atoms with Gasteiger partial charge >= 0.3 is 5.97 Å². The first kappa shape index (κ1) is 17.7. The first-order valence-electron chi connectivity index (χ1n) is 7.56. The zero-order valence-electron chi connectivity index (χ0n) is 13.1. The number of methoxy groups -OCH3 is 1. The second kappa shape index (κ2) is 9.55. The summed E-state index contributed by atoms with van der Waals surface area (Å²) in [6.45, 7) is 4.27. The Morgan fingerprint density at radius 2 is 2.05 bits per heavy atom. The van der Waals surface area contributed by atoms with E-state index in [9.17, 15) is 9.59 Å². The molecule has 0 aliphatic rings. The zero-order valence-corrected chi connectivity index (χ0v) is 13.9. The normalized spacial score (nSPS) is 12.0. The molecular formula is C16H25NO3S. The molecule has 118 valence electrons. The largest absolute Gasteiger partial charge is 0.468 e. The molecule has 1 N–H and O–H groups in total. The number of hydrogen-bond donors (Lipinski definition) is 1. The maximum atomic E-state index is 12.2. The van der Waals surface area contributed by atoms with Crippen LogP contribution < -0.4 is 5.32 Å². The summed E-state index contributed by atoms with van der Waals surface area (Å²) in [5.41, 5.74) is 0.707. The summed E-state index contributed by atoms with van der Waals surface area (Å²) in [6, 6.07) is 1.85. The summed E-state index contributed by atoms with van der Waals surface area (Å²) < 4.78 is 4.54. The van der Waals surface area contributed by atoms with Crippen LogP contribution in [-0.4, -0.2) is 25.5 Å². The Morgan fingerprint density at radius 1 is 1.29 bits per heavy atom. The highest BCUT2D eigenvalue weighted by Gasteiger charge is 2.20. The van der Waals surface area contributed by atoms with Crippen molar-refractivity contribution in [2.75, 3.05) is 13.7 Å². The van der Waals surface area contributed by atoms with E-state index in [4.69, 9.17) is 0 Å². The predicted molar refractivity (Wildman–Crippen MR) is 85.8 cm³/mol. The maximum absolute atomic E-state index is 12.2. The Bertz CT molecular complexity index is 456. The van der Waals surface area contributed by atoms with Crippen molar-refractivity contribution < 1.29 is 14.3 Å². The van der Waals surface area contributed by atoms with Gasteiger partial charge in [0, 0.05) is 4.88 Å². The summed E-state index contributed by atoms with van der Waals surface area (Å²) in [4.78, 5) is 24.5. The molecule has 1 unspecified atom stereocenters. The Labute approximate surface area is 130 Å². The van der Waals surface area contributed by atoms with Crippen molar-refractivity contribution in [3.05, 3.63) is 21.9 Å². The van der Waals surface area contributed by atoms with Crippen LogP contribution in [0.3, 0.4) is 0 Å². The van der Waals surface area contributed by atoms with Crippen LogP contribution in [0, 0.1) is 0 Å². The minimum absolute atomic E-state index is 0.0853. The molecule has 0 bridgehead atoms. The molecule has 1 atom stereocenters. The molecule has 21 heavy (non-hydrogen) atoms. The SMILES string of the molecule is CCCCC(CCC)c1sccc1C(=O)NCC(=O)OC. The summed E-state index contributed by atoms with van der Waals surface area (Å²) in [5.74, 6) is -0.181. The van der Waals surface area contributed by atoms with Crippen molar-refractivity contribution in [2.24, 2.45) is 0 Å². The van der Waals surface area contributed by atoms with Crippen molar-refractivity contribution >= 4 is 23.2 Å². The molecule has 0 saturated heterocycles. The molecule has 4 nitrogen and oxygen atoms in total. The van der Waals surface area contributed by atoms with Gasteiger partial charge in [-0.05, 0) is 30.2 Å². The van der Waals surface area contributed by atoms with Crippen molar-refractivity contribution in [3.63, 3.8) is 0 Å². The number of unbranched alkanes of at least 4 members (excludes halogenated alkanes) is 1. The van der Waals surface area contributed by atoms with Gasteiger partial charge < -0.3 is 10.1 Å². The second-order valence-electron chi connectivity index (χ2n) is 5.09.